The van der Waals surface area contributed by atoms with Crippen LogP contribution >= 0.6 is 0 Å². The van der Waals surface area contributed by atoms with Crippen LogP contribution in [0.5, 0.6) is 0 Å². The van der Waals surface area contributed by atoms with Crippen molar-refractivity contribution < 1.29 is 39.8 Å². The number of amides is 1. The van der Waals surface area contributed by atoms with E-state index in [1.54, 1.807) is 0 Å². The van der Waals surface area contributed by atoms with E-state index in [9.17, 15) is 24.9 Å². The number of nitrogen functional groups attached to an aromatic ring is 1. The number of aliphatic hydroxyl groups excluding tert-OH is 5. The van der Waals surface area contributed by atoms with E-state index in [0.29, 0.717) is 0 Å². The lowest BCUT2D eigenvalue weighted by molar-refractivity contribution is -0.0588. The minimum Gasteiger partial charge on any atom is -0.394 e. The van der Waals surface area contributed by atoms with Crippen LogP contribution in [-0.2, 0) is 9.47 Å². The number of aromatic nitrogens is 7. The van der Waals surface area contributed by atoms with Gasteiger partial charge in [-0.3, -0.25) is 19.1 Å². The van der Waals surface area contributed by atoms with Crippen LogP contribution in [0.15, 0.2) is 17.4 Å². The molecule has 0 saturated carbocycles. The number of fused-ring (bicyclic) bond motifs is 1. The van der Waals surface area contributed by atoms with Crippen LogP contribution in [0.4, 0.5) is 5.95 Å². The second-order valence-electron chi connectivity index (χ2n) is 8.03. The molecule has 10 N–H and O–H groups in total. The SMILES string of the molecule is NC(=O)c1ncn([C@@H]2O[C@H](CO)[C@@H](O)[C@H]2O)n1.Nc1nc2c(ncn2[C@H]2C[C@H](O)[C@@H](CO)O2)c(=O)[nH]1. The van der Waals surface area contributed by atoms with Crippen LogP contribution in [0.3, 0.4) is 0 Å². The third kappa shape index (κ3) is 4.78. The van der Waals surface area contributed by atoms with Crippen molar-refractivity contribution >= 4 is 23.0 Å². The Morgan fingerprint density at radius 1 is 1.11 bits per heavy atom. The van der Waals surface area contributed by atoms with E-state index < -0.39 is 61.0 Å². The number of H-pyrrole nitrogens is 1. The highest BCUT2D eigenvalue weighted by atomic mass is 16.6. The third-order valence-corrected chi connectivity index (χ3v) is 5.65. The van der Waals surface area contributed by atoms with Crippen molar-refractivity contribution in [3.8, 4) is 0 Å². The van der Waals surface area contributed by atoms with Crippen molar-refractivity contribution in [3.63, 3.8) is 0 Å². The Kier molecular flexibility index (Phi) is 7.26. The Hall–Kier alpha value is -3.52. The normalized spacial score (nSPS) is 29.9. The highest BCUT2D eigenvalue weighted by Crippen LogP contribution is 2.30. The first kappa shape index (κ1) is 25.6. The summed E-state index contributed by atoms with van der Waals surface area (Å²) in [7, 11) is 0. The summed E-state index contributed by atoms with van der Waals surface area (Å²) in [6, 6.07) is 0. The van der Waals surface area contributed by atoms with E-state index in [1.165, 1.54) is 10.9 Å². The fourth-order valence-electron chi connectivity index (χ4n) is 3.81. The molecule has 1 amide bonds. The van der Waals surface area contributed by atoms with Crippen LogP contribution < -0.4 is 17.0 Å². The summed E-state index contributed by atoms with van der Waals surface area (Å²) < 4.78 is 13.3. The quantitative estimate of drug-likeness (QED) is 0.160. The molecule has 0 spiro atoms. The lowest BCUT2D eigenvalue weighted by Crippen LogP contribution is -2.33. The number of carbonyl (C=O) groups excluding carboxylic acids is 1. The zero-order chi connectivity index (χ0) is 26.1. The molecule has 0 unspecified atom stereocenters. The molecule has 3 aromatic heterocycles. The number of nitrogens with two attached hydrogens (primary N) is 2. The van der Waals surface area contributed by atoms with E-state index in [4.69, 9.17) is 31.2 Å². The highest BCUT2D eigenvalue weighted by molar-refractivity contribution is 5.88. The molecule has 2 saturated heterocycles. The number of aromatic amines is 1. The molecule has 18 heteroatoms. The summed E-state index contributed by atoms with van der Waals surface area (Å²) in [6.07, 6.45) is -3.53. The van der Waals surface area contributed by atoms with Gasteiger partial charge in [0.15, 0.2) is 17.4 Å². The molecular weight excluding hydrogens is 486 g/mol. The van der Waals surface area contributed by atoms with Crippen molar-refractivity contribution in [1.82, 2.24) is 34.3 Å². The minimum absolute atomic E-state index is 0.0171. The molecule has 5 rings (SSSR count). The van der Waals surface area contributed by atoms with Gasteiger partial charge in [-0.2, -0.15) is 4.98 Å². The number of primary amides is 1. The smallest absolute Gasteiger partial charge is 0.288 e. The fraction of sp³-hybridized carbons (Fsp3) is 0.556. The molecule has 18 nitrogen and oxygen atoms in total. The van der Waals surface area contributed by atoms with Crippen molar-refractivity contribution in [2.45, 2.75) is 49.4 Å². The Balaban J connectivity index is 0.000000170. The van der Waals surface area contributed by atoms with Crippen LogP contribution in [0.25, 0.3) is 11.2 Å². The third-order valence-electron chi connectivity index (χ3n) is 5.65. The van der Waals surface area contributed by atoms with Gasteiger partial charge in [-0.25, -0.2) is 14.6 Å². The van der Waals surface area contributed by atoms with Gasteiger partial charge in [0.05, 0.1) is 25.6 Å². The topological polar surface area (TPSA) is 283 Å². The number of nitrogens with zero attached hydrogens (tertiary/aromatic N) is 6. The van der Waals surface area contributed by atoms with Gasteiger partial charge < -0.3 is 46.5 Å². The summed E-state index contributed by atoms with van der Waals surface area (Å²) in [6.45, 7) is -0.716. The van der Waals surface area contributed by atoms with E-state index in [1.807, 2.05) is 0 Å². The van der Waals surface area contributed by atoms with Crippen molar-refractivity contribution in [2.24, 2.45) is 5.73 Å². The molecule has 2 fully saturated rings. The molecule has 0 aliphatic carbocycles. The fourth-order valence-corrected chi connectivity index (χ4v) is 3.81. The van der Waals surface area contributed by atoms with Gasteiger partial charge in [-0.1, -0.05) is 0 Å². The average Bonchev–Trinajstić information content (AvgIpc) is 3.61. The molecule has 196 valence electrons. The first-order valence-corrected chi connectivity index (χ1v) is 10.6. The molecular formula is C18H25N9O9. The first-order chi connectivity index (χ1) is 17.1. The highest BCUT2D eigenvalue weighted by Gasteiger charge is 2.44. The number of ether oxygens (including phenoxy) is 2. The molecule has 0 aromatic carbocycles. The Labute approximate surface area is 200 Å². The number of hydrogen-bond acceptors (Lipinski definition) is 14. The molecule has 0 bridgehead atoms. The maximum atomic E-state index is 11.6. The lowest BCUT2D eigenvalue weighted by atomic mass is 10.1. The van der Waals surface area contributed by atoms with Gasteiger partial charge in [-0.05, 0) is 0 Å². The van der Waals surface area contributed by atoms with Crippen molar-refractivity contribution in [1.29, 1.82) is 0 Å². The monoisotopic (exact) mass is 511 g/mol. The van der Waals surface area contributed by atoms with Gasteiger partial charge in [0.2, 0.25) is 11.8 Å². The molecule has 7 atom stereocenters. The minimum atomic E-state index is -1.27. The number of hydrogen-bond donors (Lipinski definition) is 8. The number of rotatable bonds is 5. The number of carbonyl (C=O) groups is 1. The molecule has 2 aliphatic rings. The number of aliphatic hydroxyl groups is 5. The van der Waals surface area contributed by atoms with E-state index in [-0.39, 0.29) is 36.0 Å². The number of imidazole rings is 1. The Bertz CT molecular complexity index is 1280. The predicted molar refractivity (Wildman–Crippen MR) is 116 cm³/mol. The second kappa shape index (κ2) is 10.2. The predicted octanol–water partition coefficient (Wildman–Crippen LogP) is -4.67. The Morgan fingerprint density at radius 3 is 2.42 bits per heavy atom. The second-order valence-corrected chi connectivity index (χ2v) is 8.03. The Morgan fingerprint density at radius 2 is 1.83 bits per heavy atom. The largest absolute Gasteiger partial charge is 0.394 e. The van der Waals surface area contributed by atoms with Gasteiger partial charge in [0.1, 0.15) is 37.0 Å². The lowest BCUT2D eigenvalue weighted by Gasteiger charge is -2.13. The molecule has 0 radical (unpaired) electrons. The molecule has 3 aromatic rings. The average molecular weight is 511 g/mol. The standard InChI is InChI=1S/C10H13N5O4.C8H12N4O5/c11-10-13-8-7(9(18)14-10)12-3-15(8)6-1-4(17)5(2-16)19-6;9-6(16)7-10-2-12(11-7)8-5(15)4(14)3(1-13)17-8/h3-6,16-17H,1-2H2,(H3,11,13,14,18);2-5,8,13-15H,1H2,(H2,9,16)/t4-,5+,6+;3-,4-,5-,8-/m01/s1. The maximum Gasteiger partial charge on any atom is 0.288 e. The zero-order valence-corrected chi connectivity index (χ0v) is 18.5. The summed E-state index contributed by atoms with van der Waals surface area (Å²) in [5, 5.41) is 50.5. The maximum absolute atomic E-state index is 11.6. The van der Waals surface area contributed by atoms with Crippen molar-refractivity contribution in [3.05, 3.63) is 28.8 Å². The van der Waals surface area contributed by atoms with Crippen LogP contribution in [0.1, 0.15) is 29.5 Å². The van der Waals surface area contributed by atoms with Crippen LogP contribution in [0.2, 0.25) is 0 Å². The van der Waals surface area contributed by atoms with Crippen molar-refractivity contribution in [2.75, 3.05) is 18.9 Å². The van der Waals surface area contributed by atoms with E-state index >= 15 is 0 Å². The molecule has 36 heavy (non-hydrogen) atoms. The van der Waals surface area contributed by atoms with Crippen LogP contribution in [0, 0.1) is 0 Å². The number of anilines is 1. The van der Waals surface area contributed by atoms with Gasteiger partial charge in [0, 0.05) is 6.42 Å². The van der Waals surface area contributed by atoms with Gasteiger partial charge in [0.25, 0.3) is 11.5 Å². The van der Waals surface area contributed by atoms with Gasteiger partial charge >= 0.3 is 0 Å². The van der Waals surface area contributed by atoms with E-state index in [2.05, 4.69) is 25.0 Å². The first-order valence-electron chi connectivity index (χ1n) is 10.6. The summed E-state index contributed by atoms with van der Waals surface area (Å²) >= 11 is 0. The summed E-state index contributed by atoms with van der Waals surface area (Å²) in [4.78, 5) is 36.4. The van der Waals surface area contributed by atoms with Gasteiger partial charge in [-0.15, -0.1) is 5.10 Å². The molecule has 5 heterocycles. The summed E-state index contributed by atoms with van der Waals surface area (Å²) in [5.41, 5.74) is 10.5. The van der Waals surface area contributed by atoms with Crippen LogP contribution in [-0.4, -0.2) is 109 Å². The summed E-state index contributed by atoms with van der Waals surface area (Å²) in [5.74, 6) is -1.05. The zero-order valence-electron chi connectivity index (χ0n) is 18.5. The number of nitrogens with one attached hydrogen (secondary N) is 1. The van der Waals surface area contributed by atoms with E-state index in [0.717, 1.165) is 11.0 Å². The molecule has 2 aliphatic heterocycles.